The highest BCUT2D eigenvalue weighted by Gasteiger charge is 2.32. The van der Waals surface area contributed by atoms with Gasteiger partial charge in [-0.3, -0.25) is 0 Å². The van der Waals surface area contributed by atoms with Crippen LogP contribution in [0.1, 0.15) is 42.5 Å². The van der Waals surface area contributed by atoms with Crippen molar-refractivity contribution in [3.63, 3.8) is 0 Å². The van der Waals surface area contributed by atoms with E-state index in [2.05, 4.69) is 38.1 Å². The van der Waals surface area contributed by atoms with Gasteiger partial charge in [0.05, 0.1) is 0 Å². The molecule has 0 aliphatic rings. The second kappa shape index (κ2) is 7.02. The van der Waals surface area contributed by atoms with Crippen molar-refractivity contribution in [1.82, 2.24) is 0 Å². The molecule has 0 aliphatic heterocycles. The fraction of sp³-hybridized carbons (Fsp3) is 0.217. The van der Waals surface area contributed by atoms with Crippen LogP contribution in [-0.4, -0.2) is 10.2 Å². The number of aryl methyl sites for hydroxylation is 1. The minimum atomic E-state index is -0.368. The van der Waals surface area contributed by atoms with Crippen molar-refractivity contribution in [2.45, 2.75) is 32.1 Å². The maximum atomic E-state index is 9.71. The van der Waals surface area contributed by atoms with Crippen LogP contribution in [0.4, 0.5) is 0 Å². The van der Waals surface area contributed by atoms with E-state index < -0.39 is 0 Å². The molecule has 0 aliphatic carbocycles. The van der Waals surface area contributed by atoms with Crippen molar-refractivity contribution in [2.75, 3.05) is 0 Å². The minimum Gasteiger partial charge on any atom is -0.508 e. The Morgan fingerprint density at radius 3 is 1.68 bits per heavy atom. The Kier molecular flexibility index (Phi) is 4.80. The lowest BCUT2D eigenvalue weighted by Gasteiger charge is -2.34. The van der Waals surface area contributed by atoms with E-state index in [0.717, 1.165) is 24.0 Å². The first-order valence-electron chi connectivity index (χ1n) is 8.73. The zero-order chi connectivity index (χ0) is 17.9. The number of aromatic hydroxyl groups is 2. The van der Waals surface area contributed by atoms with E-state index in [1.807, 2.05) is 24.3 Å². The van der Waals surface area contributed by atoms with Gasteiger partial charge in [0.1, 0.15) is 11.5 Å². The molecule has 3 aromatic carbocycles. The molecule has 128 valence electrons. The Bertz CT molecular complexity index is 787. The van der Waals surface area contributed by atoms with E-state index in [-0.39, 0.29) is 16.9 Å². The summed E-state index contributed by atoms with van der Waals surface area (Å²) in [6.07, 6.45) is 2.10. The third-order valence-corrected chi connectivity index (χ3v) is 4.96. The summed E-state index contributed by atoms with van der Waals surface area (Å²) in [7, 11) is 0. The average Bonchev–Trinajstić information content (AvgIpc) is 2.63. The van der Waals surface area contributed by atoms with Gasteiger partial charge < -0.3 is 10.2 Å². The van der Waals surface area contributed by atoms with Crippen LogP contribution in [0.25, 0.3) is 0 Å². The summed E-state index contributed by atoms with van der Waals surface area (Å²) in [5.41, 5.74) is 4.44. The third kappa shape index (κ3) is 3.25. The van der Waals surface area contributed by atoms with Crippen LogP contribution in [0.2, 0.25) is 0 Å². The largest absolute Gasteiger partial charge is 0.508 e. The van der Waals surface area contributed by atoms with Gasteiger partial charge in [0, 0.05) is 5.41 Å². The highest BCUT2D eigenvalue weighted by atomic mass is 16.3. The van der Waals surface area contributed by atoms with Gasteiger partial charge in [0.25, 0.3) is 0 Å². The summed E-state index contributed by atoms with van der Waals surface area (Å²) in [4.78, 5) is 0. The molecule has 3 aromatic rings. The Hall–Kier alpha value is -2.74. The summed E-state index contributed by atoms with van der Waals surface area (Å²) >= 11 is 0. The Balaban J connectivity index is 2.26. The van der Waals surface area contributed by atoms with Gasteiger partial charge in [0.2, 0.25) is 0 Å². The van der Waals surface area contributed by atoms with Crippen LogP contribution in [0, 0.1) is 0 Å². The summed E-state index contributed by atoms with van der Waals surface area (Å²) < 4.78 is 0. The highest BCUT2D eigenvalue weighted by molar-refractivity contribution is 5.53. The van der Waals surface area contributed by atoms with Crippen molar-refractivity contribution in [3.8, 4) is 11.5 Å². The van der Waals surface area contributed by atoms with Gasteiger partial charge in [-0.05, 0) is 59.9 Å². The highest BCUT2D eigenvalue weighted by Crippen LogP contribution is 2.41. The predicted octanol–water partition coefficient (Wildman–Crippen LogP) is 5.40. The average molecular weight is 332 g/mol. The zero-order valence-electron chi connectivity index (χ0n) is 14.7. The molecule has 2 heteroatoms. The van der Waals surface area contributed by atoms with Crippen LogP contribution < -0.4 is 0 Å². The van der Waals surface area contributed by atoms with Gasteiger partial charge in [-0.15, -0.1) is 0 Å². The molecule has 0 saturated carbocycles. The number of hydrogen-bond donors (Lipinski definition) is 2. The zero-order valence-corrected chi connectivity index (χ0v) is 14.7. The molecule has 0 amide bonds. The lowest BCUT2D eigenvalue weighted by Crippen LogP contribution is -2.26. The van der Waals surface area contributed by atoms with Crippen molar-refractivity contribution in [3.05, 3.63) is 95.1 Å². The van der Waals surface area contributed by atoms with E-state index in [1.54, 1.807) is 24.3 Å². The van der Waals surface area contributed by atoms with Crippen LogP contribution in [0.3, 0.4) is 0 Å². The maximum Gasteiger partial charge on any atom is 0.115 e. The minimum absolute atomic E-state index is 0.263. The number of rotatable bonds is 5. The molecular weight excluding hydrogens is 308 g/mol. The molecule has 0 radical (unpaired) electrons. The first-order chi connectivity index (χ1) is 12.1. The first kappa shape index (κ1) is 17.1. The molecule has 0 atom stereocenters. The van der Waals surface area contributed by atoms with E-state index in [4.69, 9.17) is 0 Å². The van der Waals surface area contributed by atoms with E-state index in [9.17, 15) is 10.2 Å². The summed E-state index contributed by atoms with van der Waals surface area (Å²) in [6, 6.07) is 23.4. The predicted molar refractivity (Wildman–Crippen MR) is 102 cm³/mol. The topological polar surface area (TPSA) is 40.5 Å². The lowest BCUT2D eigenvalue weighted by molar-refractivity contribution is 0.474. The smallest absolute Gasteiger partial charge is 0.115 e. The fourth-order valence-electron chi connectivity index (χ4n) is 3.56. The molecule has 0 fully saturated rings. The Morgan fingerprint density at radius 2 is 1.20 bits per heavy atom. The maximum absolute atomic E-state index is 9.71. The molecule has 0 bridgehead atoms. The summed E-state index contributed by atoms with van der Waals surface area (Å²) in [6.45, 7) is 4.40. The second-order valence-corrected chi connectivity index (χ2v) is 6.63. The van der Waals surface area contributed by atoms with Gasteiger partial charge in [-0.2, -0.15) is 0 Å². The molecule has 0 aromatic heterocycles. The molecule has 0 heterocycles. The normalized spacial score (nSPS) is 11.4. The van der Waals surface area contributed by atoms with Crippen molar-refractivity contribution in [2.24, 2.45) is 0 Å². The first-order valence-corrected chi connectivity index (χ1v) is 8.73. The van der Waals surface area contributed by atoms with Crippen molar-refractivity contribution >= 4 is 0 Å². The Morgan fingerprint density at radius 1 is 0.720 bits per heavy atom. The van der Waals surface area contributed by atoms with Gasteiger partial charge >= 0.3 is 0 Å². The van der Waals surface area contributed by atoms with E-state index in [0.29, 0.717) is 0 Å². The quantitative estimate of drug-likeness (QED) is 0.614. The molecule has 2 N–H and O–H groups in total. The molecule has 0 saturated heterocycles. The summed E-state index contributed by atoms with van der Waals surface area (Å²) in [5, 5.41) is 19.4. The third-order valence-electron chi connectivity index (χ3n) is 4.96. The molecule has 3 rings (SSSR count). The molecular formula is C23H24O2. The van der Waals surface area contributed by atoms with Gasteiger partial charge in [-0.25, -0.2) is 0 Å². The number of benzene rings is 3. The van der Waals surface area contributed by atoms with Gasteiger partial charge in [-0.1, -0.05) is 61.9 Å². The second-order valence-electron chi connectivity index (χ2n) is 6.63. The molecule has 0 unspecified atom stereocenters. The standard InChI is InChI=1S/C23H24O2/c1-3-6-17-7-4-5-8-22(17)23(2,18-9-13-20(24)14-10-18)19-11-15-21(25)16-12-19/h4-5,7-16,24-25H,3,6H2,1-2H3. The SMILES string of the molecule is CCCc1ccccc1C(C)(c1ccc(O)cc1)c1ccc(O)cc1. The van der Waals surface area contributed by atoms with Crippen LogP contribution in [0.15, 0.2) is 72.8 Å². The fourth-order valence-corrected chi connectivity index (χ4v) is 3.56. The van der Waals surface area contributed by atoms with Gasteiger partial charge in [0.15, 0.2) is 0 Å². The van der Waals surface area contributed by atoms with Crippen LogP contribution in [-0.2, 0) is 11.8 Å². The lowest BCUT2D eigenvalue weighted by atomic mass is 9.69. The van der Waals surface area contributed by atoms with E-state index >= 15 is 0 Å². The van der Waals surface area contributed by atoms with E-state index in [1.165, 1.54) is 11.1 Å². The van der Waals surface area contributed by atoms with Crippen LogP contribution in [0.5, 0.6) is 11.5 Å². The van der Waals surface area contributed by atoms with Crippen molar-refractivity contribution in [1.29, 1.82) is 0 Å². The molecule has 0 spiro atoms. The number of phenols is 2. The molecule has 25 heavy (non-hydrogen) atoms. The summed E-state index contributed by atoms with van der Waals surface area (Å²) in [5.74, 6) is 0.525. The molecule has 2 nitrogen and oxygen atoms in total. The van der Waals surface area contributed by atoms with Crippen LogP contribution >= 0.6 is 0 Å². The number of hydrogen-bond acceptors (Lipinski definition) is 2. The number of phenolic OH excluding ortho intramolecular Hbond substituents is 2. The van der Waals surface area contributed by atoms with Crippen molar-refractivity contribution < 1.29 is 10.2 Å². The monoisotopic (exact) mass is 332 g/mol. The Labute approximate surface area is 149 Å².